The molecule has 0 amide bonds. The molecule has 6 heteroatoms. The summed E-state index contributed by atoms with van der Waals surface area (Å²) in [6.07, 6.45) is 0. The average molecular weight is 148 g/mol. The van der Waals surface area contributed by atoms with E-state index in [4.69, 9.17) is 11.6 Å². The van der Waals surface area contributed by atoms with Gasteiger partial charge in [0.25, 0.3) is 0 Å². The van der Waals surface area contributed by atoms with E-state index in [1.54, 1.807) is 0 Å². The number of hydrogen-bond acceptors (Lipinski definition) is 4. The molecule has 0 bridgehead atoms. The van der Waals surface area contributed by atoms with Crippen LogP contribution in [-0.2, 0) is 0 Å². The first-order valence-corrected chi connectivity index (χ1v) is 2.50. The summed E-state index contributed by atoms with van der Waals surface area (Å²) in [5, 5.41) is 9.85. The SMILES string of the molecule is O=[N+]([O-])C1=NC(Cl)=NC1. The van der Waals surface area contributed by atoms with Gasteiger partial charge in [0.2, 0.25) is 0 Å². The Balaban J connectivity index is 2.71. The lowest BCUT2D eigenvalue weighted by Crippen LogP contribution is -2.11. The Morgan fingerprint density at radius 3 is 2.67 bits per heavy atom. The molecule has 0 aromatic rings. The minimum Gasteiger partial charge on any atom is -0.358 e. The molecule has 1 aliphatic rings. The van der Waals surface area contributed by atoms with Gasteiger partial charge in [0.1, 0.15) is 0 Å². The highest BCUT2D eigenvalue weighted by molar-refractivity contribution is 6.66. The minimum atomic E-state index is -0.598. The van der Waals surface area contributed by atoms with Gasteiger partial charge in [-0.2, -0.15) is 0 Å². The zero-order valence-electron chi connectivity index (χ0n) is 4.24. The topological polar surface area (TPSA) is 67.9 Å². The van der Waals surface area contributed by atoms with Gasteiger partial charge in [0, 0.05) is 0 Å². The minimum absolute atomic E-state index is 0.00810. The summed E-state index contributed by atoms with van der Waals surface area (Å²) in [6, 6.07) is 0. The number of halogens is 1. The maximum atomic E-state index is 9.89. The van der Waals surface area contributed by atoms with E-state index in [0.717, 1.165) is 0 Å². The van der Waals surface area contributed by atoms with Crippen molar-refractivity contribution >= 4 is 22.7 Å². The second-order valence-corrected chi connectivity index (χ2v) is 1.71. The maximum absolute atomic E-state index is 9.89. The largest absolute Gasteiger partial charge is 0.364 e. The molecule has 0 saturated heterocycles. The number of nitro groups is 1. The van der Waals surface area contributed by atoms with Crippen LogP contribution in [0.2, 0.25) is 0 Å². The molecule has 0 spiro atoms. The van der Waals surface area contributed by atoms with Crippen molar-refractivity contribution in [3.05, 3.63) is 10.1 Å². The van der Waals surface area contributed by atoms with Crippen LogP contribution < -0.4 is 0 Å². The van der Waals surface area contributed by atoms with Crippen LogP contribution in [0.4, 0.5) is 0 Å². The second-order valence-electron chi connectivity index (χ2n) is 1.37. The number of rotatable bonds is 0. The molecule has 1 aliphatic heterocycles. The van der Waals surface area contributed by atoms with E-state index in [1.165, 1.54) is 0 Å². The van der Waals surface area contributed by atoms with Crippen molar-refractivity contribution in [2.45, 2.75) is 0 Å². The first-order chi connectivity index (χ1) is 4.20. The third kappa shape index (κ3) is 1.23. The van der Waals surface area contributed by atoms with E-state index in [1.807, 2.05) is 0 Å². The van der Waals surface area contributed by atoms with E-state index in [-0.39, 0.29) is 17.7 Å². The summed E-state index contributed by atoms with van der Waals surface area (Å²) in [7, 11) is 0. The smallest absolute Gasteiger partial charge is 0.358 e. The number of amidine groups is 2. The fourth-order valence-corrected chi connectivity index (χ4v) is 0.569. The molecule has 0 aromatic heterocycles. The van der Waals surface area contributed by atoms with Gasteiger partial charge >= 0.3 is 11.1 Å². The summed E-state index contributed by atoms with van der Waals surface area (Å²) in [4.78, 5) is 16.1. The van der Waals surface area contributed by atoms with E-state index >= 15 is 0 Å². The fourth-order valence-electron chi connectivity index (χ4n) is 0.412. The molecule has 1 rings (SSSR count). The molecule has 5 nitrogen and oxygen atoms in total. The highest BCUT2D eigenvalue weighted by atomic mass is 35.5. The van der Waals surface area contributed by atoms with Crippen LogP contribution in [0.15, 0.2) is 9.98 Å². The van der Waals surface area contributed by atoms with Crippen LogP contribution in [0, 0.1) is 10.1 Å². The van der Waals surface area contributed by atoms with E-state index in [2.05, 4.69) is 9.98 Å². The maximum Gasteiger partial charge on any atom is 0.364 e. The Hall–Kier alpha value is -0.970. The van der Waals surface area contributed by atoms with Crippen molar-refractivity contribution in [2.24, 2.45) is 9.98 Å². The van der Waals surface area contributed by atoms with E-state index < -0.39 is 4.92 Å². The van der Waals surface area contributed by atoms with Crippen LogP contribution in [0.1, 0.15) is 0 Å². The van der Waals surface area contributed by atoms with Gasteiger partial charge in [-0.3, -0.25) is 0 Å². The number of hydrogen-bond donors (Lipinski definition) is 0. The van der Waals surface area contributed by atoms with Crippen LogP contribution in [0.5, 0.6) is 0 Å². The van der Waals surface area contributed by atoms with Gasteiger partial charge < -0.3 is 10.1 Å². The molecule has 0 aromatic carbocycles. The lowest BCUT2D eigenvalue weighted by Gasteiger charge is -1.85. The molecule has 9 heavy (non-hydrogen) atoms. The van der Waals surface area contributed by atoms with Gasteiger partial charge in [-0.1, -0.05) is 0 Å². The molecule has 0 unspecified atom stereocenters. The zero-order chi connectivity index (χ0) is 6.85. The van der Waals surface area contributed by atoms with Crippen molar-refractivity contribution in [3.8, 4) is 0 Å². The summed E-state index contributed by atoms with van der Waals surface area (Å²) in [6.45, 7) is -0.00810. The Bertz CT molecular complexity index is 209. The average Bonchev–Trinajstić information content (AvgIpc) is 2.14. The predicted octanol–water partition coefficient (Wildman–Crippen LogP) is 0.270. The van der Waals surface area contributed by atoms with Gasteiger partial charge in [-0.05, 0) is 21.5 Å². The first kappa shape index (κ1) is 6.15. The fraction of sp³-hybridized carbons (Fsp3) is 0.333. The normalized spacial score (nSPS) is 17.0. The molecule has 48 valence electrons. The Kier molecular flexibility index (Phi) is 1.44. The quantitative estimate of drug-likeness (QED) is 0.280. The highest BCUT2D eigenvalue weighted by Crippen LogP contribution is 1.99. The lowest BCUT2D eigenvalue weighted by molar-refractivity contribution is -0.351. The van der Waals surface area contributed by atoms with E-state index in [9.17, 15) is 10.1 Å². The zero-order valence-corrected chi connectivity index (χ0v) is 5.00. The Labute approximate surface area is 55.2 Å². The molecule has 0 radical (unpaired) electrons. The van der Waals surface area contributed by atoms with Gasteiger partial charge in [0.05, 0.1) is 0 Å². The van der Waals surface area contributed by atoms with Crippen molar-refractivity contribution in [1.29, 1.82) is 0 Å². The lowest BCUT2D eigenvalue weighted by atomic mass is 10.6. The second kappa shape index (κ2) is 2.10. The van der Waals surface area contributed by atoms with Crippen LogP contribution in [-0.4, -0.2) is 22.6 Å². The summed E-state index contributed by atoms with van der Waals surface area (Å²) < 4.78 is 0. The highest BCUT2D eigenvalue weighted by Gasteiger charge is 2.19. The summed E-state index contributed by atoms with van der Waals surface area (Å²) in [5.74, 6) is -0.194. The van der Waals surface area contributed by atoms with Gasteiger partial charge in [-0.25, -0.2) is 4.99 Å². The molecule has 1 heterocycles. The number of aliphatic imine (C=N–C) groups is 2. The monoisotopic (exact) mass is 147 g/mol. The van der Waals surface area contributed by atoms with Crippen molar-refractivity contribution in [2.75, 3.05) is 6.54 Å². The Morgan fingerprint density at radius 2 is 2.44 bits per heavy atom. The van der Waals surface area contributed by atoms with Gasteiger partial charge in [0.15, 0.2) is 6.54 Å². The van der Waals surface area contributed by atoms with Crippen molar-refractivity contribution < 1.29 is 4.92 Å². The van der Waals surface area contributed by atoms with Crippen LogP contribution in [0.25, 0.3) is 0 Å². The standard InChI is InChI=1S/C3H2ClN3O2/c4-3-5-1-2(6-3)7(8)9/h1H2. The Morgan fingerprint density at radius 1 is 1.78 bits per heavy atom. The molecule has 0 fully saturated rings. The first-order valence-electron chi connectivity index (χ1n) is 2.12. The molecule has 0 aliphatic carbocycles. The summed E-state index contributed by atoms with van der Waals surface area (Å²) >= 11 is 5.21. The summed E-state index contributed by atoms with van der Waals surface area (Å²) in [5.41, 5.74) is 0. The third-order valence-electron chi connectivity index (χ3n) is 0.783. The van der Waals surface area contributed by atoms with E-state index in [0.29, 0.717) is 0 Å². The van der Waals surface area contributed by atoms with Crippen LogP contribution in [0.3, 0.4) is 0 Å². The van der Waals surface area contributed by atoms with Crippen molar-refractivity contribution in [3.63, 3.8) is 0 Å². The molecular formula is C3H2ClN3O2. The van der Waals surface area contributed by atoms with Gasteiger partial charge in [-0.15, -0.1) is 0 Å². The third-order valence-corrected chi connectivity index (χ3v) is 0.987. The molecular weight excluding hydrogens is 146 g/mol. The predicted molar refractivity (Wildman–Crippen MR) is 32.6 cm³/mol. The molecule has 0 saturated carbocycles. The van der Waals surface area contributed by atoms with Crippen LogP contribution >= 0.6 is 11.6 Å². The number of nitrogens with zero attached hydrogens (tertiary/aromatic N) is 3. The molecule has 0 N–H and O–H groups in total. The molecule has 0 atom stereocenters. The van der Waals surface area contributed by atoms with Crippen molar-refractivity contribution in [1.82, 2.24) is 0 Å².